The van der Waals surface area contributed by atoms with Gasteiger partial charge in [0.05, 0.1) is 12.1 Å². The highest BCUT2D eigenvalue weighted by molar-refractivity contribution is 5.67. The Bertz CT molecular complexity index is 400. The van der Waals surface area contributed by atoms with Gasteiger partial charge < -0.3 is 5.11 Å². The molecule has 0 amide bonds. The lowest BCUT2D eigenvalue weighted by molar-refractivity contribution is -0.137. The standard InChI is InChI=1S/C12H20N2O2/c1-8-11(12(2,3)4)9(14(5)13-8)6-7-10(15)16/h6-7H2,1-5H3,(H,15,16). The molecule has 0 atom stereocenters. The topological polar surface area (TPSA) is 55.1 Å². The lowest BCUT2D eigenvalue weighted by Crippen LogP contribution is -2.16. The van der Waals surface area contributed by atoms with E-state index in [4.69, 9.17) is 5.11 Å². The number of rotatable bonds is 3. The highest BCUT2D eigenvalue weighted by atomic mass is 16.4. The maximum absolute atomic E-state index is 10.6. The summed E-state index contributed by atoms with van der Waals surface area (Å²) in [6, 6.07) is 0. The van der Waals surface area contributed by atoms with Gasteiger partial charge >= 0.3 is 5.97 Å². The first-order chi connectivity index (χ1) is 7.23. The van der Waals surface area contributed by atoms with E-state index >= 15 is 0 Å². The third kappa shape index (κ3) is 2.62. The van der Waals surface area contributed by atoms with E-state index in [1.54, 1.807) is 4.68 Å². The average Bonchev–Trinajstić information content (AvgIpc) is 2.36. The molecule has 0 aromatic carbocycles. The van der Waals surface area contributed by atoms with Crippen LogP contribution in [0.15, 0.2) is 0 Å². The number of carbonyl (C=O) groups is 1. The molecule has 90 valence electrons. The summed E-state index contributed by atoms with van der Waals surface area (Å²) in [4.78, 5) is 10.6. The van der Waals surface area contributed by atoms with Gasteiger partial charge in [0, 0.05) is 24.7 Å². The molecule has 0 bridgehead atoms. The van der Waals surface area contributed by atoms with Gasteiger partial charge in [-0.1, -0.05) is 20.8 Å². The number of aromatic nitrogens is 2. The Morgan fingerprint density at radius 3 is 2.44 bits per heavy atom. The van der Waals surface area contributed by atoms with E-state index in [1.165, 1.54) is 5.56 Å². The van der Waals surface area contributed by atoms with E-state index in [2.05, 4.69) is 25.9 Å². The molecule has 0 saturated heterocycles. The molecule has 0 spiro atoms. The molecule has 0 radical (unpaired) electrons. The molecule has 0 aliphatic carbocycles. The number of hydrogen-bond donors (Lipinski definition) is 1. The number of aliphatic carboxylic acids is 1. The highest BCUT2D eigenvalue weighted by Crippen LogP contribution is 2.29. The van der Waals surface area contributed by atoms with Crippen molar-refractivity contribution in [3.05, 3.63) is 17.0 Å². The number of carboxylic acids is 1. The fraction of sp³-hybridized carbons (Fsp3) is 0.667. The summed E-state index contributed by atoms with van der Waals surface area (Å²) < 4.78 is 1.80. The van der Waals surface area contributed by atoms with E-state index in [9.17, 15) is 4.79 Å². The molecule has 4 nitrogen and oxygen atoms in total. The first kappa shape index (κ1) is 12.7. The van der Waals surface area contributed by atoms with Gasteiger partial charge in [0.15, 0.2) is 0 Å². The monoisotopic (exact) mass is 224 g/mol. The molecular formula is C12H20N2O2. The van der Waals surface area contributed by atoms with Crippen molar-refractivity contribution in [3.8, 4) is 0 Å². The van der Waals surface area contributed by atoms with Crippen molar-refractivity contribution >= 4 is 5.97 Å². The summed E-state index contributed by atoms with van der Waals surface area (Å²) in [5.74, 6) is -0.765. The van der Waals surface area contributed by atoms with Crippen molar-refractivity contribution in [2.75, 3.05) is 0 Å². The lowest BCUT2D eigenvalue weighted by Gasteiger charge is -2.20. The Morgan fingerprint density at radius 1 is 1.44 bits per heavy atom. The highest BCUT2D eigenvalue weighted by Gasteiger charge is 2.24. The molecule has 1 rings (SSSR count). The van der Waals surface area contributed by atoms with E-state index in [0.29, 0.717) is 6.42 Å². The maximum Gasteiger partial charge on any atom is 0.303 e. The summed E-state index contributed by atoms with van der Waals surface area (Å²) in [7, 11) is 1.87. The second kappa shape index (κ2) is 4.28. The van der Waals surface area contributed by atoms with Crippen LogP contribution in [-0.4, -0.2) is 20.9 Å². The van der Waals surface area contributed by atoms with Crippen molar-refractivity contribution in [2.24, 2.45) is 7.05 Å². The van der Waals surface area contributed by atoms with Crippen LogP contribution in [-0.2, 0) is 23.7 Å². The van der Waals surface area contributed by atoms with Crippen LogP contribution in [0.2, 0.25) is 0 Å². The molecular weight excluding hydrogens is 204 g/mol. The Labute approximate surface area is 96.3 Å². The van der Waals surface area contributed by atoms with Crippen LogP contribution in [0.3, 0.4) is 0 Å². The molecule has 0 aliphatic heterocycles. The van der Waals surface area contributed by atoms with Gasteiger partial charge in [0.25, 0.3) is 0 Å². The largest absolute Gasteiger partial charge is 0.481 e. The maximum atomic E-state index is 10.6. The van der Waals surface area contributed by atoms with Gasteiger partial charge in [-0.25, -0.2) is 0 Å². The fourth-order valence-electron chi connectivity index (χ4n) is 2.19. The lowest BCUT2D eigenvalue weighted by atomic mass is 9.84. The Hall–Kier alpha value is -1.32. The molecule has 1 aromatic heterocycles. The molecule has 1 heterocycles. The van der Waals surface area contributed by atoms with Crippen LogP contribution in [0.5, 0.6) is 0 Å². The predicted molar refractivity (Wildman–Crippen MR) is 62.6 cm³/mol. The summed E-state index contributed by atoms with van der Waals surface area (Å²) in [6.45, 7) is 8.36. The first-order valence-electron chi connectivity index (χ1n) is 5.48. The Morgan fingerprint density at radius 2 is 2.00 bits per heavy atom. The smallest absolute Gasteiger partial charge is 0.303 e. The third-order valence-corrected chi connectivity index (χ3v) is 2.67. The summed E-state index contributed by atoms with van der Waals surface area (Å²) >= 11 is 0. The molecule has 0 unspecified atom stereocenters. The second-order valence-electron chi connectivity index (χ2n) is 5.17. The molecule has 1 aromatic rings. The van der Waals surface area contributed by atoms with Crippen LogP contribution in [0.25, 0.3) is 0 Å². The number of hydrogen-bond acceptors (Lipinski definition) is 2. The number of nitrogens with zero attached hydrogens (tertiary/aromatic N) is 2. The second-order valence-corrected chi connectivity index (χ2v) is 5.17. The molecule has 16 heavy (non-hydrogen) atoms. The minimum atomic E-state index is -0.765. The van der Waals surface area contributed by atoms with Crippen molar-refractivity contribution in [2.45, 2.75) is 46.0 Å². The number of carboxylic acid groups (broad SMARTS) is 1. The minimum Gasteiger partial charge on any atom is -0.481 e. The third-order valence-electron chi connectivity index (χ3n) is 2.67. The van der Waals surface area contributed by atoms with Crippen LogP contribution in [0.1, 0.15) is 44.1 Å². The van der Waals surface area contributed by atoms with E-state index < -0.39 is 5.97 Å². The van der Waals surface area contributed by atoms with E-state index in [1.807, 2.05) is 14.0 Å². The van der Waals surface area contributed by atoms with E-state index in [-0.39, 0.29) is 11.8 Å². The fourth-order valence-corrected chi connectivity index (χ4v) is 2.19. The summed E-state index contributed by atoms with van der Waals surface area (Å²) in [5, 5.41) is 13.1. The van der Waals surface area contributed by atoms with Gasteiger partial charge in [-0.15, -0.1) is 0 Å². The van der Waals surface area contributed by atoms with Crippen LogP contribution in [0, 0.1) is 6.92 Å². The molecule has 0 saturated carbocycles. The van der Waals surface area contributed by atoms with Gasteiger partial charge in [-0.05, 0) is 12.3 Å². The molecule has 0 aliphatic rings. The quantitative estimate of drug-likeness (QED) is 0.854. The molecule has 4 heteroatoms. The van der Waals surface area contributed by atoms with Crippen molar-refractivity contribution in [1.29, 1.82) is 0 Å². The van der Waals surface area contributed by atoms with Gasteiger partial charge in [0.2, 0.25) is 0 Å². The van der Waals surface area contributed by atoms with Gasteiger partial charge in [-0.2, -0.15) is 5.10 Å². The van der Waals surface area contributed by atoms with Gasteiger partial charge in [0.1, 0.15) is 0 Å². The Balaban J connectivity index is 3.11. The van der Waals surface area contributed by atoms with Crippen molar-refractivity contribution in [3.63, 3.8) is 0 Å². The molecule has 0 fully saturated rings. The SMILES string of the molecule is Cc1nn(C)c(CCC(=O)O)c1C(C)(C)C. The van der Waals surface area contributed by atoms with Crippen molar-refractivity contribution in [1.82, 2.24) is 9.78 Å². The van der Waals surface area contributed by atoms with Crippen molar-refractivity contribution < 1.29 is 9.90 Å². The summed E-state index contributed by atoms with van der Waals surface area (Å²) in [6.07, 6.45) is 0.696. The average molecular weight is 224 g/mol. The first-order valence-corrected chi connectivity index (χ1v) is 5.48. The normalized spacial score (nSPS) is 11.8. The molecule has 1 N–H and O–H groups in total. The van der Waals surface area contributed by atoms with E-state index in [0.717, 1.165) is 11.4 Å². The zero-order valence-corrected chi connectivity index (χ0v) is 10.7. The van der Waals surface area contributed by atoms with Crippen LogP contribution in [0.4, 0.5) is 0 Å². The Kier molecular flexibility index (Phi) is 3.41. The van der Waals surface area contributed by atoms with Gasteiger partial charge in [-0.3, -0.25) is 9.48 Å². The zero-order chi connectivity index (χ0) is 12.5. The van der Waals surface area contributed by atoms with Crippen LogP contribution >= 0.6 is 0 Å². The minimum absolute atomic E-state index is 0.00613. The zero-order valence-electron chi connectivity index (χ0n) is 10.7. The number of aryl methyl sites for hydroxylation is 2. The van der Waals surface area contributed by atoms with Crippen LogP contribution < -0.4 is 0 Å². The summed E-state index contributed by atoms with van der Waals surface area (Å²) in [5.41, 5.74) is 3.21. The predicted octanol–water partition coefficient (Wildman–Crippen LogP) is 2.04.